The van der Waals surface area contributed by atoms with E-state index < -0.39 is 63.8 Å². The molecule has 1 saturated carbocycles. The molecule has 0 atom stereocenters. The summed E-state index contributed by atoms with van der Waals surface area (Å²) in [5.41, 5.74) is -7.73. The van der Waals surface area contributed by atoms with E-state index in [1.54, 1.807) is 13.8 Å². The van der Waals surface area contributed by atoms with E-state index in [1.807, 2.05) is 13.8 Å². The molecule has 1 aliphatic carbocycles. The summed E-state index contributed by atoms with van der Waals surface area (Å²) in [4.78, 5) is 40.7. The van der Waals surface area contributed by atoms with Crippen LogP contribution < -0.4 is 27.1 Å². The van der Waals surface area contributed by atoms with Crippen LogP contribution in [0, 0.1) is 11.6 Å². The van der Waals surface area contributed by atoms with Crippen molar-refractivity contribution >= 4 is 0 Å². The van der Waals surface area contributed by atoms with Gasteiger partial charge >= 0.3 is 23.2 Å². The molecule has 230 valence electrons. The third-order valence-electron chi connectivity index (χ3n) is 6.95. The average molecular weight is 599 g/mol. The third-order valence-corrected chi connectivity index (χ3v) is 6.95. The first-order chi connectivity index (χ1) is 19.7. The molecular formula is C29H35F5N4O4. The first-order valence-corrected chi connectivity index (χ1v) is 13.7. The summed E-state index contributed by atoms with van der Waals surface area (Å²) in [5, 5.41) is 3.37. The Morgan fingerprint density at radius 2 is 1.50 bits per heavy atom. The minimum Gasteiger partial charge on any atom is -0.494 e. The minimum atomic E-state index is -5.00. The van der Waals surface area contributed by atoms with Gasteiger partial charge in [0.2, 0.25) is 0 Å². The van der Waals surface area contributed by atoms with E-state index in [1.165, 1.54) is 12.1 Å². The summed E-state index contributed by atoms with van der Waals surface area (Å²) in [7, 11) is 1.16. The molecule has 1 fully saturated rings. The zero-order valence-corrected chi connectivity index (χ0v) is 24.1. The minimum absolute atomic E-state index is 0.113. The van der Waals surface area contributed by atoms with Crippen LogP contribution in [-0.4, -0.2) is 32.4 Å². The second-order valence-electron chi connectivity index (χ2n) is 10.4. The van der Waals surface area contributed by atoms with Gasteiger partial charge in [-0.1, -0.05) is 38.8 Å². The molecule has 0 unspecified atom stereocenters. The molecule has 4 rings (SSSR count). The van der Waals surface area contributed by atoms with Crippen LogP contribution in [0.25, 0.3) is 5.69 Å². The van der Waals surface area contributed by atoms with Crippen LogP contribution in [0.3, 0.4) is 0 Å². The zero-order chi connectivity index (χ0) is 31.4. The molecule has 42 heavy (non-hydrogen) atoms. The quantitative estimate of drug-likeness (QED) is 0.375. The Balaban J connectivity index is 0.00000237. The average Bonchev–Trinajstić information content (AvgIpc) is 3.43. The molecule has 8 nitrogen and oxygen atoms in total. The van der Waals surface area contributed by atoms with E-state index in [9.17, 15) is 31.9 Å². The van der Waals surface area contributed by atoms with Gasteiger partial charge < -0.3 is 10.1 Å². The number of rotatable bonds is 8. The molecule has 3 aromatic rings. The fraction of sp³-hybridized carbons (Fsp3) is 0.483. The van der Waals surface area contributed by atoms with E-state index in [2.05, 4.69) is 5.32 Å². The molecule has 0 amide bonds. The predicted molar refractivity (Wildman–Crippen MR) is 148 cm³/mol. The standard InChI is InChI=1S/C27H29F5N4O4.C2H6/c1-26(2,33-16-8-4-5-9-16)15-35-23(37)34(14-17-18(27(30,31)32)10-6-11-19(17)28)24(38)36(25(35)39)20-12-7-13-21(40-3)22(20)29;1-2/h6-7,10-13,16,33H,4-5,8-9,14-15H2,1-3H3;1-2H3. The number of methoxy groups -OCH3 is 1. The van der Waals surface area contributed by atoms with Crippen molar-refractivity contribution in [3.63, 3.8) is 0 Å². The maximum atomic E-state index is 15.3. The summed E-state index contributed by atoms with van der Waals surface area (Å²) in [6.45, 7) is 5.99. The second-order valence-corrected chi connectivity index (χ2v) is 10.4. The van der Waals surface area contributed by atoms with Crippen LogP contribution in [0.15, 0.2) is 50.8 Å². The van der Waals surface area contributed by atoms with Gasteiger partial charge in [-0.05, 0) is 51.0 Å². The number of nitrogens with zero attached hydrogens (tertiary/aromatic N) is 3. The van der Waals surface area contributed by atoms with Crippen LogP contribution in [0.1, 0.15) is 64.5 Å². The highest BCUT2D eigenvalue weighted by Gasteiger charge is 2.35. The van der Waals surface area contributed by atoms with Crippen LogP contribution in [0.4, 0.5) is 22.0 Å². The highest BCUT2D eigenvalue weighted by Crippen LogP contribution is 2.33. The van der Waals surface area contributed by atoms with Gasteiger partial charge in [0, 0.05) is 23.7 Å². The maximum absolute atomic E-state index is 15.3. The summed E-state index contributed by atoms with van der Waals surface area (Å²) in [6.07, 6.45) is -1.23. The summed E-state index contributed by atoms with van der Waals surface area (Å²) in [6, 6.07) is 5.98. The number of alkyl halides is 3. The normalized spacial score (nSPS) is 14.0. The van der Waals surface area contributed by atoms with Crippen LogP contribution in [0.5, 0.6) is 5.75 Å². The molecule has 1 N–H and O–H groups in total. The van der Waals surface area contributed by atoms with E-state index in [-0.39, 0.29) is 18.3 Å². The third kappa shape index (κ3) is 6.83. The Morgan fingerprint density at radius 3 is 2.10 bits per heavy atom. The lowest BCUT2D eigenvalue weighted by molar-refractivity contribution is -0.138. The van der Waals surface area contributed by atoms with Crippen molar-refractivity contribution in [1.82, 2.24) is 19.0 Å². The number of halogens is 5. The first-order valence-electron chi connectivity index (χ1n) is 13.7. The van der Waals surface area contributed by atoms with Gasteiger partial charge in [0.05, 0.1) is 24.9 Å². The van der Waals surface area contributed by atoms with Crippen molar-refractivity contribution in [2.24, 2.45) is 0 Å². The molecular weight excluding hydrogens is 563 g/mol. The highest BCUT2D eigenvalue weighted by molar-refractivity contribution is 5.41. The van der Waals surface area contributed by atoms with Crippen molar-refractivity contribution in [2.45, 2.75) is 84.2 Å². The lowest BCUT2D eigenvalue weighted by Gasteiger charge is -2.31. The van der Waals surface area contributed by atoms with Crippen molar-refractivity contribution < 1.29 is 26.7 Å². The van der Waals surface area contributed by atoms with Gasteiger partial charge in [0.15, 0.2) is 11.6 Å². The fourth-order valence-electron chi connectivity index (χ4n) is 5.15. The summed E-state index contributed by atoms with van der Waals surface area (Å²) >= 11 is 0. The van der Waals surface area contributed by atoms with E-state index in [0.29, 0.717) is 19.8 Å². The highest BCUT2D eigenvalue weighted by atomic mass is 19.4. The molecule has 0 saturated heterocycles. The maximum Gasteiger partial charge on any atom is 0.416 e. The number of hydrogen-bond donors (Lipinski definition) is 1. The van der Waals surface area contributed by atoms with Gasteiger partial charge in [0.1, 0.15) is 5.82 Å². The molecule has 2 aromatic carbocycles. The van der Waals surface area contributed by atoms with Gasteiger partial charge in [0.25, 0.3) is 0 Å². The summed E-state index contributed by atoms with van der Waals surface area (Å²) in [5.74, 6) is -2.72. The Hall–Kier alpha value is -3.74. The van der Waals surface area contributed by atoms with Crippen molar-refractivity contribution in [3.05, 3.63) is 90.6 Å². The van der Waals surface area contributed by atoms with Crippen LogP contribution >= 0.6 is 0 Å². The number of aromatic nitrogens is 3. The number of ether oxygens (including phenoxy) is 1. The van der Waals surface area contributed by atoms with Crippen LogP contribution in [-0.2, 0) is 19.3 Å². The molecule has 0 radical (unpaired) electrons. The van der Waals surface area contributed by atoms with E-state index in [4.69, 9.17) is 4.74 Å². The van der Waals surface area contributed by atoms with E-state index in [0.717, 1.165) is 51.0 Å². The monoisotopic (exact) mass is 598 g/mol. The topological polar surface area (TPSA) is 87.3 Å². The predicted octanol–water partition coefficient (Wildman–Crippen LogP) is 4.85. The summed E-state index contributed by atoms with van der Waals surface area (Å²) < 4.78 is 77.3. The van der Waals surface area contributed by atoms with Gasteiger partial charge in [-0.3, -0.25) is 0 Å². The van der Waals surface area contributed by atoms with Crippen molar-refractivity contribution in [3.8, 4) is 11.4 Å². The number of hydrogen-bond acceptors (Lipinski definition) is 5. The Kier molecular flexibility index (Phi) is 10.2. The fourth-order valence-corrected chi connectivity index (χ4v) is 5.15. The lowest BCUT2D eigenvalue weighted by Crippen LogP contribution is -2.58. The molecule has 1 aliphatic rings. The Labute approximate surface area is 239 Å². The second kappa shape index (κ2) is 13.1. The molecule has 1 heterocycles. The number of benzene rings is 2. The number of nitrogens with one attached hydrogen (secondary N) is 1. The molecule has 0 bridgehead atoms. The van der Waals surface area contributed by atoms with Crippen molar-refractivity contribution in [1.29, 1.82) is 0 Å². The zero-order valence-electron chi connectivity index (χ0n) is 24.1. The molecule has 0 spiro atoms. The SMILES string of the molecule is CC.COc1cccc(-n2c(=O)n(Cc3c(F)cccc3C(F)(F)F)c(=O)n(CC(C)(C)NC3CCCC3)c2=O)c1F. The largest absolute Gasteiger partial charge is 0.494 e. The Morgan fingerprint density at radius 1 is 0.905 bits per heavy atom. The van der Waals surface area contributed by atoms with Crippen LogP contribution in [0.2, 0.25) is 0 Å². The van der Waals surface area contributed by atoms with Gasteiger partial charge in [-0.15, -0.1) is 0 Å². The smallest absolute Gasteiger partial charge is 0.416 e. The molecule has 13 heteroatoms. The Bertz CT molecular complexity index is 1580. The van der Waals surface area contributed by atoms with E-state index >= 15 is 4.39 Å². The van der Waals surface area contributed by atoms with Gasteiger partial charge in [-0.2, -0.15) is 13.2 Å². The molecule has 1 aromatic heterocycles. The molecule has 0 aliphatic heterocycles. The van der Waals surface area contributed by atoms with Crippen molar-refractivity contribution in [2.75, 3.05) is 7.11 Å². The first kappa shape index (κ1) is 32.8. The van der Waals surface area contributed by atoms with Gasteiger partial charge in [-0.25, -0.2) is 36.9 Å². The lowest BCUT2D eigenvalue weighted by atomic mass is 10.0.